The van der Waals surface area contributed by atoms with Gasteiger partial charge >= 0.3 is 0 Å². The first-order valence-electron chi connectivity index (χ1n) is 9.57. The Kier molecular flexibility index (Phi) is 5.72. The fourth-order valence-corrected chi connectivity index (χ4v) is 4.03. The molecule has 3 aromatic rings. The van der Waals surface area contributed by atoms with Gasteiger partial charge in [0.25, 0.3) is 15.9 Å². The van der Waals surface area contributed by atoms with Gasteiger partial charge in [0.2, 0.25) is 0 Å². The van der Waals surface area contributed by atoms with Crippen LogP contribution in [-0.2, 0) is 15.4 Å². The maximum Gasteiger partial charge on any atom is 0.283 e. The van der Waals surface area contributed by atoms with E-state index in [4.69, 9.17) is 5.73 Å². The van der Waals surface area contributed by atoms with Gasteiger partial charge in [0.1, 0.15) is 5.69 Å². The van der Waals surface area contributed by atoms with Crippen LogP contribution in [-0.4, -0.2) is 24.1 Å². The zero-order valence-corrected chi connectivity index (χ0v) is 18.3. The van der Waals surface area contributed by atoms with Crippen LogP contribution in [0.1, 0.15) is 55.5 Å². The van der Waals surface area contributed by atoms with E-state index in [1.54, 1.807) is 16.8 Å². The fourth-order valence-electron chi connectivity index (χ4n) is 3.01. The molecule has 3 N–H and O–H groups in total. The number of nitrogens with two attached hydrogens (primary N) is 1. The van der Waals surface area contributed by atoms with E-state index < -0.39 is 15.9 Å². The van der Waals surface area contributed by atoms with Gasteiger partial charge in [-0.3, -0.25) is 9.48 Å². The van der Waals surface area contributed by atoms with Gasteiger partial charge < -0.3 is 5.73 Å². The predicted octanol–water partition coefficient (Wildman–Crippen LogP) is 3.49. The number of amides is 1. The lowest BCUT2D eigenvalue weighted by molar-refractivity contribution is 0.0969. The largest absolute Gasteiger partial charge is 0.399 e. The summed E-state index contributed by atoms with van der Waals surface area (Å²) in [7, 11) is -4.08. The molecule has 0 aliphatic heterocycles. The molecule has 8 heteroatoms. The first-order valence-corrected chi connectivity index (χ1v) is 11.0. The number of nitrogens with zero attached hydrogens (tertiary/aromatic N) is 2. The van der Waals surface area contributed by atoms with Crippen LogP contribution in [0.5, 0.6) is 0 Å². The molecule has 0 aliphatic rings. The Morgan fingerprint density at radius 2 is 1.73 bits per heavy atom. The standard InChI is InChI=1S/C22H26N4O3S/c1-15(16-9-6-5-7-10-16)26-19(14-20(24-26)22(2,3)4)21(27)25-30(28,29)18-12-8-11-17(23)13-18/h5-15H,23H2,1-4H3,(H,25,27)/t15-/m1/s1. The van der Waals surface area contributed by atoms with E-state index >= 15 is 0 Å². The number of nitrogens with one attached hydrogen (secondary N) is 1. The third kappa shape index (κ3) is 4.54. The summed E-state index contributed by atoms with van der Waals surface area (Å²) in [6, 6.07) is 16.8. The van der Waals surface area contributed by atoms with E-state index in [2.05, 4.69) is 9.82 Å². The molecule has 3 rings (SSSR count). The van der Waals surface area contributed by atoms with Crippen LogP contribution in [0.2, 0.25) is 0 Å². The Balaban J connectivity index is 2.01. The van der Waals surface area contributed by atoms with Crippen molar-refractivity contribution in [2.24, 2.45) is 0 Å². The molecule has 0 bridgehead atoms. The summed E-state index contributed by atoms with van der Waals surface area (Å²) in [5.41, 5.74) is 7.48. The number of benzene rings is 2. The smallest absolute Gasteiger partial charge is 0.283 e. The highest BCUT2D eigenvalue weighted by molar-refractivity contribution is 7.90. The van der Waals surface area contributed by atoms with Gasteiger partial charge in [-0.15, -0.1) is 0 Å². The van der Waals surface area contributed by atoms with Crippen LogP contribution in [0.15, 0.2) is 65.6 Å². The number of nitrogen functional groups attached to an aromatic ring is 1. The van der Waals surface area contributed by atoms with Crippen molar-refractivity contribution in [3.63, 3.8) is 0 Å². The minimum atomic E-state index is -4.08. The number of rotatable bonds is 5. The molecule has 1 amide bonds. The molecule has 30 heavy (non-hydrogen) atoms. The average Bonchev–Trinajstić information content (AvgIpc) is 3.14. The average molecular weight is 427 g/mol. The van der Waals surface area contributed by atoms with E-state index in [0.717, 1.165) is 5.56 Å². The van der Waals surface area contributed by atoms with Crippen molar-refractivity contribution >= 4 is 21.6 Å². The van der Waals surface area contributed by atoms with Crippen molar-refractivity contribution in [1.29, 1.82) is 0 Å². The van der Waals surface area contributed by atoms with Crippen molar-refractivity contribution < 1.29 is 13.2 Å². The van der Waals surface area contributed by atoms with Gasteiger partial charge in [-0.25, -0.2) is 13.1 Å². The molecule has 1 aromatic heterocycles. The molecule has 158 valence electrons. The van der Waals surface area contributed by atoms with Gasteiger partial charge in [0.05, 0.1) is 16.6 Å². The summed E-state index contributed by atoms with van der Waals surface area (Å²) in [5.74, 6) is -0.747. The lowest BCUT2D eigenvalue weighted by Crippen LogP contribution is -2.33. The minimum Gasteiger partial charge on any atom is -0.399 e. The molecular weight excluding hydrogens is 400 g/mol. The van der Waals surface area contributed by atoms with Crippen molar-refractivity contribution in [3.05, 3.63) is 77.6 Å². The molecule has 0 radical (unpaired) electrons. The Morgan fingerprint density at radius 1 is 1.07 bits per heavy atom. The number of hydrogen-bond acceptors (Lipinski definition) is 5. The zero-order valence-electron chi connectivity index (χ0n) is 17.5. The third-order valence-corrected chi connectivity index (χ3v) is 6.11. The summed E-state index contributed by atoms with van der Waals surface area (Å²) < 4.78 is 29.1. The number of aromatic nitrogens is 2. The highest BCUT2D eigenvalue weighted by Crippen LogP contribution is 2.26. The quantitative estimate of drug-likeness (QED) is 0.607. The molecule has 0 saturated heterocycles. The Labute approximate surface area is 177 Å². The van der Waals surface area contributed by atoms with E-state index in [0.29, 0.717) is 11.4 Å². The van der Waals surface area contributed by atoms with E-state index in [9.17, 15) is 13.2 Å². The molecule has 0 unspecified atom stereocenters. The van der Waals surface area contributed by atoms with E-state index in [1.165, 1.54) is 18.2 Å². The Morgan fingerprint density at radius 3 is 2.33 bits per heavy atom. The lowest BCUT2D eigenvalue weighted by atomic mass is 9.92. The SMILES string of the molecule is C[C@H](c1ccccc1)n1nc(C(C)(C)C)cc1C(=O)NS(=O)(=O)c1cccc(N)c1. The number of carbonyl (C=O) groups excluding carboxylic acids is 1. The van der Waals surface area contributed by atoms with Crippen LogP contribution in [0, 0.1) is 0 Å². The summed E-state index contributed by atoms with van der Waals surface area (Å²) >= 11 is 0. The van der Waals surface area contributed by atoms with Crippen LogP contribution in [0.3, 0.4) is 0 Å². The van der Waals surface area contributed by atoms with E-state index in [-0.39, 0.29) is 22.0 Å². The molecule has 2 aromatic carbocycles. The van der Waals surface area contributed by atoms with Gasteiger partial charge in [-0.05, 0) is 36.8 Å². The minimum absolute atomic E-state index is 0.0749. The first-order chi connectivity index (χ1) is 14.0. The van der Waals surface area contributed by atoms with Crippen molar-refractivity contribution in [1.82, 2.24) is 14.5 Å². The zero-order chi connectivity index (χ0) is 22.1. The number of sulfonamides is 1. The molecule has 7 nitrogen and oxygen atoms in total. The van der Waals surface area contributed by atoms with Crippen LogP contribution >= 0.6 is 0 Å². The highest BCUT2D eigenvalue weighted by Gasteiger charge is 2.28. The normalized spacial score (nSPS) is 13.1. The second kappa shape index (κ2) is 7.95. The monoisotopic (exact) mass is 426 g/mol. The van der Waals surface area contributed by atoms with Gasteiger partial charge in [0, 0.05) is 11.1 Å². The van der Waals surface area contributed by atoms with Crippen molar-refractivity contribution in [3.8, 4) is 0 Å². The molecule has 1 heterocycles. The lowest BCUT2D eigenvalue weighted by Gasteiger charge is -2.17. The first kappa shape index (κ1) is 21.6. The second-order valence-electron chi connectivity index (χ2n) is 8.20. The van der Waals surface area contributed by atoms with Crippen molar-refractivity contribution in [2.45, 2.75) is 44.0 Å². The van der Waals surface area contributed by atoms with Crippen LogP contribution < -0.4 is 10.5 Å². The fraction of sp³-hybridized carbons (Fsp3) is 0.273. The molecule has 0 saturated carbocycles. The maximum absolute atomic E-state index is 13.0. The van der Waals surface area contributed by atoms with Gasteiger partial charge in [0.15, 0.2) is 0 Å². The number of carbonyl (C=O) groups is 1. The second-order valence-corrected chi connectivity index (χ2v) is 9.89. The van der Waals surface area contributed by atoms with E-state index in [1.807, 2.05) is 58.0 Å². The topological polar surface area (TPSA) is 107 Å². The summed E-state index contributed by atoms with van der Waals surface area (Å²) in [6.07, 6.45) is 0. The summed E-state index contributed by atoms with van der Waals surface area (Å²) in [4.78, 5) is 13.0. The summed E-state index contributed by atoms with van der Waals surface area (Å²) in [5, 5.41) is 4.64. The van der Waals surface area contributed by atoms with Crippen LogP contribution in [0.4, 0.5) is 5.69 Å². The third-order valence-electron chi connectivity index (χ3n) is 4.78. The van der Waals surface area contributed by atoms with Crippen molar-refractivity contribution in [2.75, 3.05) is 5.73 Å². The molecule has 1 atom stereocenters. The Hall–Kier alpha value is -3.13. The molecular formula is C22H26N4O3S. The van der Waals surface area contributed by atoms with Gasteiger partial charge in [-0.2, -0.15) is 5.10 Å². The van der Waals surface area contributed by atoms with Gasteiger partial charge in [-0.1, -0.05) is 57.2 Å². The summed E-state index contributed by atoms with van der Waals surface area (Å²) in [6.45, 7) is 7.87. The maximum atomic E-state index is 13.0. The molecule has 0 aliphatic carbocycles. The van der Waals surface area contributed by atoms with Crippen LogP contribution in [0.25, 0.3) is 0 Å². The number of anilines is 1. The molecule has 0 spiro atoms. The molecule has 0 fully saturated rings. The highest BCUT2D eigenvalue weighted by atomic mass is 32.2. The predicted molar refractivity (Wildman–Crippen MR) is 117 cm³/mol. The Bertz CT molecular complexity index is 1160. The number of hydrogen-bond donors (Lipinski definition) is 2.